The number of hydrogen-bond donors (Lipinski definition) is 6. The molecule has 3 saturated heterocycles. The Hall–Kier alpha value is -2.95. The van der Waals surface area contributed by atoms with E-state index in [4.69, 9.17) is 19.2 Å². The SMILES string of the molecule is CCC1CC2(c3cccc(O)c3)CCCC2CN1CC1CCCC1.CCC1CC2(c3cccc(O)c3)CCCC2CN1CC1CCCC1.CCC1CC2(c3cccc(O)c3)CCCC2CN1CC1CCCC1.O=P(O)(O)O. The molecule has 9 fully saturated rings. The van der Waals surface area contributed by atoms with Crippen molar-refractivity contribution < 1.29 is 34.6 Å². The van der Waals surface area contributed by atoms with Crippen LogP contribution in [0.4, 0.5) is 0 Å². The second-order valence-electron chi connectivity index (χ2n) is 26.5. The van der Waals surface area contributed by atoms with Crippen molar-refractivity contribution in [3.8, 4) is 17.2 Å². The fourth-order valence-corrected chi connectivity index (χ4v) is 18.4. The van der Waals surface area contributed by atoms with Gasteiger partial charge in [-0.2, -0.15) is 0 Å². The molecule has 0 radical (unpaired) electrons. The van der Waals surface area contributed by atoms with E-state index in [2.05, 4.69) is 71.9 Å². The van der Waals surface area contributed by atoms with Crippen molar-refractivity contribution >= 4 is 7.82 Å². The maximum atomic E-state index is 10.0. The van der Waals surface area contributed by atoms with Crippen molar-refractivity contribution in [2.45, 2.75) is 229 Å². The number of likely N-dealkylation sites (tertiary alicyclic amines) is 3. The molecule has 0 amide bonds. The van der Waals surface area contributed by atoms with Crippen LogP contribution in [-0.4, -0.2) is 102 Å². The molecule has 9 aliphatic rings. The van der Waals surface area contributed by atoms with E-state index in [0.29, 0.717) is 33.5 Å². The summed E-state index contributed by atoms with van der Waals surface area (Å²) in [6.07, 6.45) is 37.2. The highest BCUT2D eigenvalue weighted by atomic mass is 31.2. The third kappa shape index (κ3) is 14.0. The molecule has 3 aromatic carbocycles. The molecular weight excluding hydrogens is 978 g/mol. The summed E-state index contributed by atoms with van der Waals surface area (Å²) >= 11 is 0. The molecule has 3 aromatic rings. The quantitative estimate of drug-likeness (QED) is 0.0969. The van der Waals surface area contributed by atoms with Gasteiger partial charge in [0.15, 0.2) is 0 Å². The van der Waals surface area contributed by atoms with Crippen LogP contribution in [0.2, 0.25) is 0 Å². The lowest BCUT2D eigenvalue weighted by molar-refractivity contribution is 0.0410. The molecule has 6 N–H and O–H groups in total. The summed E-state index contributed by atoms with van der Waals surface area (Å²) in [5.41, 5.74) is 5.19. The fourth-order valence-electron chi connectivity index (χ4n) is 18.4. The molecule has 3 heterocycles. The zero-order valence-electron chi connectivity index (χ0n) is 47.8. The summed E-state index contributed by atoms with van der Waals surface area (Å²) < 4.78 is 8.88. The number of nitrogens with zero attached hydrogens (tertiary/aromatic N) is 3. The van der Waals surface area contributed by atoms with Crippen LogP contribution in [0.15, 0.2) is 72.8 Å². The number of phenols is 3. The molecule has 0 aromatic heterocycles. The van der Waals surface area contributed by atoms with Gasteiger partial charge in [0.05, 0.1) is 0 Å². The van der Waals surface area contributed by atoms with Gasteiger partial charge in [-0.15, -0.1) is 0 Å². The zero-order valence-corrected chi connectivity index (χ0v) is 48.7. The van der Waals surface area contributed by atoms with Gasteiger partial charge in [-0.3, -0.25) is 14.7 Å². The van der Waals surface area contributed by atoms with E-state index in [1.54, 1.807) is 0 Å². The van der Waals surface area contributed by atoms with E-state index in [9.17, 15) is 15.3 Å². The molecule has 77 heavy (non-hydrogen) atoms. The molecule has 0 spiro atoms. The molecule has 428 valence electrons. The summed E-state index contributed by atoms with van der Waals surface area (Å²) in [5.74, 6) is 6.52. The number of phenolic OH excluding ortho intramolecular Hbond substituents is 3. The first-order valence-electron chi connectivity index (χ1n) is 31.5. The van der Waals surface area contributed by atoms with Crippen LogP contribution in [0, 0.1) is 35.5 Å². The van der Waals surface area contributed by atoms with Gasteiger partial charge >= 0.3 is 7.82 Å². The Morgan fingerprint density at radius 2 is 0.688 bits per heavy atom. The van der Waals surface area contributed by atoms with Crippen molar-refractivity contribution in [3.63, 3.8) is 0 Å². The minimum absolute atomic E-state index is 0.325. The Morgan fingerprint density at radius 1 is 0.429 bits per heavy atom. The van der Waals surface area contributed by atoms with Crippen molar-refractivity contribution in [3.05, 3.63) is 89.5 Å². The summed E-state index contributed by atoms with van der Waals surface area (Å²) in [5, 5.41) is 30.0. The van der Waals surface area contributed by atoms with Gasteiger partial charge in [-0.25, -0.2) is 4.57 Å². The molecule has 0 bridgehead atoms. The van der Waals surface area contributed by atoms with Crippen LogP contribution >= 0.6 is 7.82 Å². The van der Waals surface area contributed by atoms with Gasteiger partial charge in [0.2, 0.25) is 0 Å². The molecule has 11 heteroatoms. The van der Waals surface area contributed by atoms with E-state index in [1.165, 1.54) is 229 Å². The van der Waals surface area contributed by atoms with Crippen LogP contribution in [0.5, 0.6) is 17.2 Å². The number of rotatable bonds is 12. The first kappa shape index (κ1) is 58.7. The summed E-state index contributed by atoms with van der Waals surface area (Å²) in [6, 6.07) is 26.7. The minimum atomic E-state index is -4.64. The summed E-state index contributed by atoms with van der Waals surface area (Å²) in [6.45, 7) is 15.0. The maximum absolute atomic E-state index is 10.0. The molecule has 9 atom stereocenters. The van der Waals surface area contributed by atoms with Crippen LogP contribution < -0.4 is 0 Å². The van der Waals surface area contributed by atoms with Crippen molar-refractivity contribution in [2.24, 2.45) is 35.5 Å². The van der Waals surface area contributed by atoms with Gasteiger partial charge < -0.3 is 30.0 Å². The lowest BCUT2D eigenvalue weighted by Crippen LogP contribution is -2.53. The predicted molar refractivity (Wildman–Crippen MR) is 312 cm³/mol. The van der Waals surface area contributed by atoms with Gasteiger partial charge in [0.1, 0.15) is 17.2 Å². The van der Waals surface area contributed by atoms with Gasteiger partial charge in [-0.1, -0.05) is 115 Å². The summed E-state index contributed by atoms with van der Waals surface area (Å²) in [7, 11) is -4.64. The number of phosphoric acid groups is 1. The molecule has 6 saturated carbocycles. The minimum Gasteiger partial charge on any atom is -0.508 e. The van der Waals surface area contributed by atoms with Crippen molar-refractivity contribution in [1.82, 2.24) is 14.7 Å². The van der Waals surface area contributed by atoms with E-state index in [-0.39, 0.29) is 0 Å². The third-order valence-corrected chi connectivity index (χ3v) is 22.2. The number of fused-ring (bicyclic) bond motifs is 3. The Kier molecular flexibility index (Phi) is 20.1. The van der Waals surface area contributed by atoms with Gasteiger partial charge in [-0.05, 0) is 204 Å². The Bertz CT molecular complexity index is 2110. The average molecular weight is 1080 g/mol. The highest BCUT2D eigenvalue weighted by Crippen LogP contribution is 2.56. The van der Waals surface area contributed by atoms with E-state index in [0.717, 1.165) is 53.6 Å². The van der Waals surface area contributed by atoms with E-state index < -0.39 is 7.82 Å². The largest absolute Gasteiger partial charge is 0.508 e. The van der Waals surface area contributed by atoms with Crippen molar-refractivity contribution in [1.29, 1.82) is 0 Å². The topological polar surface area (TPSA) is 148 Å². The molecule has 12 rings (SSSR count). The Balaban J connectivity index is 0.000000135. The Labute approximate surface area is 465 Å². The normalized spacial score (nSPS) is 33.1. The molecule has 10 nitrogen and oxygen atoms in total. The molecule has 6 aliphatic carbocycles. The standard InChI is InChI=1S/3C22H33NO.H3O4P/c3*1-2-20-14-22(18-9-5-11-21(24)13-18)12-6-10-19(22)16-23(20)15-17-7-3-4-8-17;1-5(2,3)4/h3*5,9,11,13,17,19-20,24H,2-4,6-8,10,12,14-16H2,1H3;(H3,1,2,3,4). The van der Waals surface area contributed by atoms with E-state index in [1.807, 2.05) is 36.4 Å². The van der Waals surface area contributed by atoms with Gasteiger partial charge in [0, 0.05) is 73.6 Å². The smallest absolute Gasteiger partial charge is 0.466 e. The first-order chi connectivity index (χ1) is 37.1. The fraction of sp³-hybridized carbons (Fsp3) is 0.727. The highest BCUT2D eigenvalue weighted by Gasteiger charge is 2.53. The van der Waals surface area contributed by atoms with Crippen LogP contribution in [-0.2, 0) is 20.8 Å². The van der Waals surface area contributed by atoms with Crippen LogP contribution in [0.1, 0.15) is 211 Å². The monoisotopic (exact) mass is 1080 g/mol. The van der Waals surface area contributed by atoms with Crippen LogP contribution in [0.3, 0.4) is 0 Å². The van der Waals surface area contributed by atoms with Crippen LogP contribution in [0.25, 0.3) is 0 Å². The Morgan fingerprint density at radius 3 is 0.922 bits per heavy atom. The average Bonchev–Trinajstić information content (AvgIpc) is 4.33. The highest BCUT2D eigenvalue weighted by molar-refractivity contribution is 7.45. The lowest BCUT2D eigenvalue weighted by atomic mass is 9.65. The number of aromatic hydroxyl groups is 3. The number of hydrogen-bond acceptors (Lipinski definition) is 7. The third-order valence-electron chi connectivity index (χ3n) is 22.2. The van der Waals surface area contributed by atoms with Gasteiger partial charge in [0.25, 0.3) is 0 Å². The second kappa shape index (κ2) is 26.3. The maximum Gasteiger partial charge on any atom is 0.466 e. The first-order valence-corrected chi connectivity index (χ1v) is 33.1. The number of benzene rings is 3. The molecule has 3 aliphatic heterocycles. The predicted octanol–water partition coefficient (Wildman–Crippen LogP) is 14.4. The molecule has 9 unspecified atom stereocenters. The zero-order chi connectivity index (χ0) is 54.2. The number of piperidine rings is 3. The molecular formula is C66H102N3O7P. The summed E-state index contributed by atoms with van der Waals surface area (Å²) in [4.78, 5) is 30.1. The van der Waals surface area contributed by atoms with Crippen molar-refractivity contribution in [2.75, 3.05) is 39.3 Å². The van der Waals surface area contributed by atoms with E-state index >= 15 is 0 Å². The lowest BCUT2D eigenvalue weighted by Gasteiger charge is -2.50. The second-order valence-corrected chi connectivity index (χ2v) is 27.5.